The molecule has 6 rings (SSSR count). The van der Waals surface area contributed by atoms with Crippen LogP contribution in [0.5, 0.6) is 5.75 Å². The molecule has 3 saturated heterocycles. The van der Waals surface area contributed by atoms with Gasteiger partial charge in [0.1, 0.15) is 17.4 Å². The molecular weight excluding hydrogens is 534 g/mol. The fourth-order valence-corrected chi connectivity index (χ4v) is 7.17. The number of aliphatic hydroxyl groups excluding tert-OH is 1. The first-order valence-electron chi connectivity index (χ1n) is 14.7. The van der Waals surface area contributed by atoms with Crippen LogP contribution >= 0.6 is 0 Å². The topological polar surface area (TPSA) is 117 Å². The predicted molar refractivity (Wildman–Crippen MR) is 159 cm³/mol. The van der Waals surface area contributed by atoms with Gasteiger partial charge in [0, 0.05) is 11.4 Å². The Hall–Kier alpha value is -3.95. The first-order chi connectivity index (χ1) is 20.3. The van der Waals surface area contributed by atoms with E-state index in [4.69, 9.17) is 9.47 Å². The van der Waals surface area contributed by atoms with Crippen LogP contribution in [0.4, 0.5) is 11.4 Å². The number of fused-ring (bicyclic) bond motifs is 2. The lowest BCUT2D eigenvalue weighted by molar-refractivity contribution is -0.144. The van der Waals surface area contributed by atoms with Gasteiger partial charge in [0.05, 0.1) is 37.2 Å². The summed E-state index contributed by atoms with van der Waals surface area (Å²) in [7, 11) is 0. The van der Waals surface area contributed by atoms with Crippen LogP contribution in [-0.2, 0) is 19.1 Å². The lowest BCUT2D eigenvalue weighted by atomic mass is 9.70. The third-order valence-corrected chi connectivity index (χ3v) is 9.05. The molecule has 9 heteroatoms. The van der Waals surface area contributed by atoms with Crippen molar-refractivity contribution in [2.45, 2.75) is 57.4 Å². The first kappa shape index (κ1) is 28.2. The molecule has 42 heavy (non-hydrogen) atoms. The molecule has 3 aliphatic rings. The second-order valence-corrected chi connectivity index (χ2v) is 11.8. The van der Waals surface area contributed by atoms with Crippen molar-refractivity contribution in [3.8, 4) is 5.75 Å². The van der Waals surface area contributed by atoms with Gasteiger partial charge in [-0.25, -0.2) is 0 Å². The molecule has 3 fully saturated rings. The van der Waals surface area contributed by atoms with Crippen molar-refractivity contribution >= 4 is 39.9 Å². The van der Waals surface area contributed by atoms with Gasteiger partial charge in [0.25, 0.3) is 0 Å². The summed E-state index contributed by atoms with van der Waals surface area (Å²) in [4.78, 5) is 43.6. The van der Waals surface area contributed by atoms with Crippen molar-refractivity contribution in [3.05, 3.63) is 66.7 Å². The standard InChI is InChI=1S/C33H37N3O6/c1-4-41-24-13-11-22(12-14-24)34-30(38)27-26-15-16-33(42-26)28(27)32(40)36(25(18-37)19(2)3)29(33)31(39)35-23-10-9-20-7-5-6-8-21(20)17-23/h5-14,17,19,25-29,37H,4,15-16,18H2,1-3H3,(H,34,38)(H,35,39)/t25-,26+,27-,28-,29?,33?/m0/s1. The highest BCUT2D eigenvalue weighted by atomic mass is 16.5. The third kappa shape index (κ3) is 4.61. The molecular formula is C33H37N3O6. The zero-order chi connectivity index (χ0) is 29.6. The number of carbonyl (C=O) groups is 3. The van der Waals surface area contributed by atoms with Crippen molar-refractivity contribution in [2.24, 2.45) is 17.8 Å². The molecule has 3 aromatic carbocycles. The van der Waals surface area contributed by atoms with Crippen LogP contribution in [0.3, 0.4) is 0 Å². The maximum Gasteiger partial charge on any atom is 0.250 e. The number of anilines is 2. The number of hydrogen-bond acceptors (Lipinski definition) is 6. The van der Waals surface area contributed by atoms with Crippen LogP contribution in [0.1, 0.15) is 33.6 Å². The van der Waals surface area contributed by atoms with Gasteiger partial charge in [-0.2, -0.15) is 0 Å². The van der Waals surface area contributed by atoms with Crippen LogP contribution in [0.15, 0.2) is 66.7 Å². The zero-order valence-corrected chi connectivity index (χ0v) is 24.1. The van der Waals surface area contributed by atoms with Crippen molar-refractivity contribution in [1.82, 2.24) is 4.90 Å². The van der Waals surface area contributed by atoms with E-state index >= 15 is 0 Å². The molecule has 2 unspecified atom stereocenters. The van der Waals surface area contributed by atoms with Gasteiger partial charge in [-0.3, -0.25) is 14.4 Å². The van der Waals surface area contributed by atoms with Crippen LogP contribution in [0.2, 0.25) is 0 Å². The van der Waals surface area contributed by atoms with Crippen molar-refractivity contribution < 1.29 is 29.0 Å². The van der Waals surface area contributed by atoms with Crippen molar-refractivity contribution in [3.63, 3.8) is 0 Å². The Labute approximate surface area is 245 Å². The number of hydrogen-bond donors (Lipinski definition) is 3. The van der Waals surface area contributed by atoms with E-state index in [1.165, 1.54) is 4.90 Å². The third-order valence-electron chi connectivity index (χ3n) is 9.05. The molecule has 0 aliphatic carbocycles. The largest absolute Gasteiger partial charge is 0.494 e. The summed E-state index contributed by atoms with van der Waals surface area (Å²) in [6, 6.07) is 19.0. The summed E-state index contributed by atoms with van der Waals surface area (Å²) in [6.45, 7) is 5.95. The van der Waals surface area contributed by atoms with Crippen LogP contribution < -0.4 is 15.4 Å². The van der Waals surface area contributed by atoms with E-state index in [0.717, 1.165) is 10.8 Å². The summed E-state index contributed by atoms with van der Waals surface area (Å²) in [6.07, 6.45) is 0.555. The van der Waals surface area contributed by atoms with Crippen LogP contribution in [0.25, 0.3) is 10.8 Å². The molecule has 2 bridgehead atoms. The molecule has 3 aliphatic heterocycles. The Balaban J connectivity index is 1.32. The van der Waals surface area contributed by atoms with E-state index in [1.54, 1.807) is 24.3 Å². The number of carbonyl (C=O) groups excluding carboxylic acids is 3. The molecule has 3 N–H and O–H groups in total. The Kier molecular flexibility index (Phi) is 7.41. The number of nitrogens with zero attached hydrogens (tertiary/aromatic N) is 1. The van der Waals surface area contributed by atoms with Gasteiger partial charge in [-0.1, -0.05) is 44.2 Å². The molecule has 3 heterocycles. The van der Waals surface area contributed by atoms with Crippen molar-refractivity contribution in [1.29, 1.82) is 0 Å². The van der Waals surface area contributed by atoms with E-state index in [0.29, 0.717) is 36.6 Å². The lowest BCUT2D eigenvalue weighted by Gasteiger charge is -2.38. The maximum atomic E-state index is 14.3. The molecule has 220 valence electrons. The number of nitrogens with one attached hydrogen (secondary N) is 2. The molecule has 6 atom stereocenters. The van der Waals surface area contributed by atoms with E-state index in [1.807, 2.05) is 63.2 Å². The summed E-state index contributed by atoms with van der Waals surface area (Å²) in [5, 5.41) is 18.4. The molecule has 3 amide bonds. The van der Waals surface area contributed by atoms with Gasteiger partial charge < -0.3 is 30.1 Å². The van der Waals surface area contributed by atoms with Gasteiger partial charge in [-0.15, -0.1) is 0 Å². The number of rotatable bonds is 9. The van der Waals surface area contributed by atoms with Gasteiger partial charge >= 0.3 is 0 Å². The minimum Gasteiger partial charge on any atom is -0.494 e. The van der Waals surface area contributed by atoms with E-state index < -0.39 is 35.6 Å². The molecule has 9 nitrogen and oxygen atoms in total. The smallest absolute Gasteiger partial charge is 0.250 e. The number of amides is 3. The summed E-state index contributed by atoms with van der Waals surface area (Å²) < 4.78 is 12.0. The summed E-state index contributed by atoms with van der Waals surface area (Å²) in [5.74, 6) is -2.04. The average molecular weight is 572 g/mol. The number of aliphatic hydroxyl groups is 1. The summed E-state index contributed by atoms with van der Waals surface area (Å²) >= 11 is 0. The fourth-order valence-electron chi connectivity index (χ4n) is 7.17. The monoisotopic (exact) mass is 571 g/mol. The van der Waals surface area contributed by atoms with Crippen LogP contribution in [0, 0.1) is 17.8 Å². The van der Waals surface area contributed by atoms with E-state index in [-0.39, 0.29) is 30.2 Å². The Morgan fingerprint density at radius 2 is 1.71 bits per heavy atom. The first-order valence-corrected chi connectivity index (χ1v) is 14.7. The average Bonchev–Trinajstić information content (AvgIpc) is 3.62. The molecule has 0 saturated carbocycles. The highest BCUT2D eigenvalue weighted by Crippen LogP contribution is 2.59. The fraction of sp³-hybridized carbons (Fsp3) is 0.424. The van der Waals surface area contributed by atoms with Crippen molar-refractivity contribution in [2.75, 3.05) is 23.8 Å². The van der Waals surface area contributed by atoms with Crippen LogP contribution in [-0.4, -0.2) is 64.7 Å². The quantitative estimate of drug-likeness (QED) is 0.354. The minimum absolute atomic E-state index is 0.126. The number of likely N-dealkylation sites (tertiary alicyclic amines) is 1. The molecule has 3 aromatic rings. The van der Waals surface area contributed by atoms with Gasteiger partial charge in [0.15, 0.2) is 0 Å². The normalized spacial score (nSPS) is 26.9. The molecule has 0 aromatic heterocycles. The number of benzene rings is 3. The second-order valence-electron chi connectivity index (χ2n) is 11.8. The summed E-state index contributed by atoms with van der Waals surface area (Å²) in [5.41, 5.74) is 0.0307. The highest BCUT2D eigenvalue weighted by Gasteiger charge is 2.75. The van der Waals surface area contributed by atoms with E-state index in [2.05, 4.69) is 10.6 Å². The zero-order valence-electron chi connectivity index (χ0n) is 24.1. The number of ether oxygens (including phenoxy) is 2. The molecule has 1 spiro atoms. The SMILES string of the molecule is CCOc1ccc(NC(=O)[C@@H]2[C@H]3C(=O)N([C@@H](CO)C(C)C)C(C(=O)Nc4ccc5ccccc5c4)C34CC[C@H]2O4)cc1. The molecule has 0 radical (unpaired) electrons. The Bertz CT molecular complexity index is 1510. The minimum atomic E-state index is -1.16. The highest BCUT2D eigenvalue weighted by molar-refractivity contribution is 6.05. The van der Waals surface area contributed by atoms with Gasteiger partial charge in [-0.05, 0) is 72.9 Å². The lowest BCUT2D eigenvalue weighted by Crippen LogP contribution is -2.57. The van der Waals surface area contributed by atoms with E-state index in [9.17, 15) is 19.5 Å². The predicted octanol–water partition coefficient (Wildman–Crippen LogP) is 4.21. The maximum absolute atomic E-state index is 14.3. The Morgan fingerprint density at radius 1 is 1.02 bits per heavy atom. The second kappa shape index (κ2) is 11.0. The Morgan fingerprint density at radius 3 is 2.40 bits per heavy atom. The van der Waals surface area contributed by atoms with Gasteiger partial charge in [0.2, 0.25) is 17.7 Å².